The molecular formula is C22H22FN3O3. The predicted molar refractivity (Wildman–Crippen MR) is 108 cm³/mol. The van der Waals surface area contributed by atoms with Gasteiger partial charge in [0.1, 0.15) is 11.6 Å². The molecule has 150 valence electrons. The summed E-state index contributed by atoms with van der Waals surface area (Å²) in [7, 11) is 1.78. The summed E-state index contributed by atoms with van der Waals surface area (Å²) in [5.41, 5.74) is 2.78. The molecule has 0 bridgehead atoms. The van der Waals surface area contributed by atoms with Crippen LogP contribution < -0.4 is 15.6 Å². The van der Waals surface area contributed by atoms with Crippen LogP contribution in [0.15, 0.2) is 53.3 Å². The lowest BCUT2D eigenvalue weighted by atomic mass is 10.0. The number of carbonyl (C=O) groups is 1. The minimum absolute atomic E-state index is 0.110. The van der Waals surface area contributed by atoms with E-state index in [1.165, 1.54) is 19.1 Å². The zero-order valence-electron chi connectivity index (χ0n) is 16.2. The highest BCUT2D eigenvalue weighted by Crippen LogP contribution is 2.43. The average molecular weight is 395 g/mol. The molecule has 1 aromatic heterocycles. The van der Waals surface area contributed by atoms with Crippen molar-refractivity contribution < 1.29 is 13.9 Å². The van der Waals surface area contributed by atoms with Crippen molar-refractivity contribution in [2.45, 2.75) is 31.8 Å². The molecule has 29 heavy (non-hydrogen) atoms. The summed E-state index contributed by atoms with van der Waals surface area (Å²) in [6.07, 6.45) is 1.37. The Morgan fingerprint density at radius 1 is 1.17 bits per heavy atom. The van der Waals surface area contributed by atoms with E-state index in [1.54, 1.807) is 48.1 Å². The number of carbonyl (C=O) groups excluding carboxylic acids is 1. The molecule has 1 heterocycles. The number of halogens is 1. The summed E-state index contributed by atoms with van der Waals surface area (Å²) >= 11 is 0. The normalized spacial score (nSPS) is 14.4. The maximum absolute atomic E-state index is 13.5. The number of anilines is 1. The SMILES string of the molecule is CC(=O)Nc1ccc(OC(c2ccc(F)cc2)c2c(C3CC3)c(=O)[nH]n2C)cc1. The van der Waals surface area contributed by atoms with Crippen molar-refractivity contribution in [2.75, 3.05) is 5.32 Å². The second kappa shape index (κ2) is 7.58. The van der Waals surface area contributed by atoms with Crippen LogP contribution in [0.2, 0.25) is 0 Å². The zero-order chi connectivity index (χ0) is 20.5. The highest BCUT2D eigenvalue weighted by atomic mass is 19.1. The molecule has 1 unspecified atom stereocenters. The Morgan fingerprint density at radius 2 is 1.83 bits per heavy atom. The van der Waals surface area contributed by atoms with Crippen molar-refractivity contribution >= 4 is 11.6 Å². The van der Waals surface area contributed by atoms with E-state index in [0.29, 0.717) is 11.4 Å². The van der Waals surface area contributed by atoms with Gasteiger partial charge in [0, 0.05) is 25.2 Å². The number of hydrogen-bond acceptors (Lipinski definition) is 3. The van der Waals surface area contributed by atoms with Crippen molar-refractivity contribution in [2.24, 2.45) is 7.05 Å². The molecule has 4 rings (SSSR count). The van der Waals surface area contributed by atoms with Crippen molar-refractivity contribution in [1.82, 2.24) is 9.78 Å². The monoisotopic (exact) mass is 395 g/mol. The molecule has 0 spiro atoms. The van der Waals surface area contributed by atoms with Gasteiger partial charge in [-0.15, -0.1) is 0 Å². The molecule has 2 N–H and O–H groups in total. The molecule has 0 saturated heterocycles. The number of aryl methyl sites for hydroxylation is 1. The van der Waals surface area contributed by atoms with Crippen LogP contribution in [0, 0.1) is 5.82 Å². The molecule has 6 nitrogen and oxygen atoms in total. The fourth-order valence-corrected chi connectivity index (χ4v) is 3.53. The van der Waals surface area contributed by atoms with Gasteiger partial charge in [0.2, 0.25) is 5.91 Å². The van der Waals surface area contributed by atoms with E-state index >= 15 is 0 Å². The van der Waals surface area contributed by atoms with Gasteiger partial charge in [-0.2, -0.15) is 0 Å². The van der Waals surface area contributed by atoms with Gasteiger partial charge >= 0.3 is 0 Å². The van der Waals surface area contributed by atoms with Gasteiger partial charge in [0.25, 0.3) is 5.56 Å². The highest BCUT2D eigenvalue weighted by Gasteiger charge is 2.35. The third-order valence-electron chi connectivity index (χ3n) is 4.99. The van der Waals surface area contributed by atoms with Crippen LogP contribution in [-0.4, -0.2) is 15.7 Å². The minimum Gasteiger partial charge on any atom is -0.479 e. The summed E-state index contributed by atoms with van der Waals surface area (Å²) in [5.74, 6) is 0.309. The molecule has 1 fully saturated rings. The van der Waals surface area contributed by atoms with E-state index in [0.717, 1.165) is 29.7 Å². The van der Waals surface area contributed by atoms with Gasteiger partial charge in [0.05, 0.1) is 5.69 Å². The Balaban J connectivity index is 1.73. The summed E-state index contributed by atoms with van der Waals surface area (Å²) in [5, 5.41) is 5.55. The fourth-order valence-electron chi connectivity index (χ4n) is 3.53. The number of rotatable bonds is 6. The first-order valence-electron chi connectivity index (χ1n) is 9.51. The number of benzene rings is 2. The maximum Gasteiger partial charge on any atom is 0.267 e. The number of H-pyrrole nitrogens is 1. The summed E-state index contributed by atoms with van der Waals surface area (Å²) in [6.45, 7) is 1.45. The van der Waals surface area contributed by atoms with Gasteiger partial charge < -0.3 is 10.1 Å². The van der Waals surface area contributed by atoms with E-state index in [1.807, 2.05) is 0 Å². The molecule has 7 heteroatoms. The van der Waals surface area contributed by atoms with Crippen molar-refractivity contribution in [1.29, 1.82) is 0 Å². The van der Waals surface area contributed by atoms with Crippen LogP contribution in [0.4, 0.5) is 10.1 Å². The molecule has 1 aliphatic rings. The third-order valence-corrected chi connectivity index (χ3v) is 4.99. The standard InChI is InChI=1S/C22H22FN3O3/c1-13(27)24-17-9-11-18(12-10-17)29-21(15-5-7-16(23)8-6-15)20-19(14-3-4-14)22(28)25-26(20)2/h5-12,14,21H,3-4H2,1-2H3,(H,24,27)(H,25,28). The van der Waals surface area contributed by atoms with E-state index in [2.05, 4.69) is 10.4 Å². The first-order valence-corrected chi connectivity index (χ1v) is 9.51. The molecule has 2 aromatic carbocycles. The predicted octanol–water partition coefficient (Wildman–Crippen LogP) is 3.86. The lowest BCUT2D eigenvalue weighted by molar-refractivity contribution is -0.114. The number of aromatic nitrogens is 2. The first-order chi connectivity index (χ1) is 13.9. The molecule has 1 aliphatic carbocycles. The number of nitrogens with one attached hydrogen (secondary N) is 2. The number of aromatic amines is 1. The quantitative estimate of drug-likeness (QED) is 0.666. The van der Waals surface area contributed by atoms with Crippen LogP contribution in [0.3, 0.4) is 0 Å². The van der Waals surface area contributed by atoms with Gasteiger partial charge in [0.15, 0.2) is 6.10 Å². The number of nitrogens with zero attached hydrogens (tertiary/aromatic N) is 1. The van der Waals surface area contributed by atoms with Crippen LogP contribution in [0.25, 0.3) is 0 Å². The lowest BCUT2D eigenvalue weighted by Gasteiger charge is -2.22. The van der Waals surface area contributed by atoms with Gasteiger partial charge in [-0.3, -0.25) is 19.4 Å². The van der Waals surface area contributed by atoms with Crippen LogP contribution in [0.5, 0.6) is 5.75 Å². The maximum atomic E-state index is 13.5. The van der Waals surface area contributed by atoms with Gasteiger partial charge in [-0.25, -0.2) is 4.39 Å². The number of amides is 1. The van der Waals surface area contributed by atoms with E-state index in [-0.39, 0.29) is 23.2 Å². The van der Waals surface area contributed by atoms with Crippen LogP contribution in [-0.2, 0) is 11.8 Å². The minimum atomic E-state index is -0.582. The summed E-state index contributed by atoms with van der Waals surface area (Å²) in [6, 6.07) is 13.1. The summed E-state index contributed by atoms with van der Waals surface area (Å²) in [4.78, 5) is 23.7. The van der Waals surface area contributed by atoms with Gasteiger partial charge in [-0.05, 0) is 60.7 Å². The largest absolute Gasteiger partial charge is 0.479 e. The lowest BCUT2D eigenvalue weighted by Crippen LogP contribution is -2.16. The number of ether oxygens (including phenoxy) is 1. The topological polar surface area (TPSA) is 76.1 Å². The van der Waals surface area contributed by atoms with Crippen molar-refractivity contribution in [3.63, 3.8) is 0 Å². The highest BCUT2D eigenvalue weighted by molar-refractivity contribution is 5.88. The van der Waals surface area contributed by atoms with Crippen LogP contribution in [0.1, 0.15) is 48.6 Å². The Bertz CT molecular complexity index is 1080. The molecular weight excluding hydrogens is 373 g/mol. The van der Waals surface area contributed by atoms with E-state index in [4.69, 9.17) is 4.74 Å². The van der Waals surface area contributed by atoms with E-state index < -0.39 is 6.10 Å². The van der Waals surface area contributed by atoms with E-state index in [9.17, 15) is 14.0 Å². The smallest absolute Gasteiger partial charge is 0.267 e. The third kappa shape index (κ3) is 4.08. The Kier molecular flexibility index (Phi) is 4.96. The molecule has 0 radical (unpaired) electrons. The molecule has 0 aliphatic heterocycles. The Morgan fingerprint density at radius 3 is 2.41 bits per heavy atom. The second-order valence-electron chi connectivity index (χ2n) is 7.33. The molecule has 1 saturated carbocycles. The van der Waals surface area contributed by atoms with Crippen molar-refractivity contribution in [3.8, 4) is 5.75 Å². The summed E-state index contributed by atoms with van der Waals surface area (Å²) < 4.78 is 21.5. The first kappa shape index (κ1) is 19.0. The Labute approximate surface area is 167 Å². The number of hydrogen-bond donors (Lipinski definition) is 2. The molecule has 3 aromatic rings. The van der Waals surface area contributed by atoms with Gasteiger partial charge in [-0.1, -0.05) is 12.1 Å². The Hall–Kier alpha value is -3.35. The molecule has 1 amide bonds. The fraction of sp³-hybridized carbons (Fsp3) is 0.273. The van der Waals surface area contributed by atoms with Crippen molar-refractivity contribution in [3.05, 3.63) is 81.5 Å². The second-order valence-corrected chi connectivity index (χ2v) is 7.33. The zero-order valence-corrected chi connectivity index (χ0v) is 16.2. The van der Waals surface area contributed by atoms with Crippen LogP contribution >= 0.6 is 0 Å². The molecule has 1 atom stereocenters. The average Bonchev–Trinajstić information content (AvgIpc) is 3.46.